The summed E-state index contributed by atoms with van der Waals surface area (Å²) in [4.78, 5) is 0. The molecule has 1 nitrogen and oxygen atoms in total. The lowest BCUT2D eigenvalue weighted by atomic mass is 9.98. The van der Waals surface area contributed by atoms with Gasteiger partial charge in [-0.1, -0.05) is 48.9 Å². The minimum atomic E-state index is -0.922. The quantitative estimate of drug-likeness (QED) is 0.800. The minimum absolute atomic E-state index is 0.148. The zero-order chi connectivity index (χ0) is 14.5. The summed E-state index contributed by atoms with van der Waals surface area (Å²) >= 11 is 6.05. The van der Waals surface area contributed by atoms with E-state index in [2.05, 4.69) is 5.32 Å². The smallest absolute Gasteiger partial charge is 0.160 e. The van der Waals surface area contributed by atoms with Crippen molar-refractivity contribution >= 4 is 11.6 Å². The van der Waals surface area contributed by atoms with Crippen LogP contribution in [0.2, 0.25) is 5.02 Å². The van der Waals surface area contributed by atoms with Crippen LogP contribution in [0.5, 0.6) is 0 Å². The first-order chi connectivity index (χ1) is 9.61. The summed E-state index contributed by atoms with van der Waals surface area (Å²) in [5.41, 5.74) is 1.69. The van der Waals surface area contributed by atoms with Crippen LogP contribution in [0, 0.1) is 11.6 Å². The Kier molecular flexibility index (Phi) is 5.10. The van der Waals surface area contributed by atoms with Crippen molar-refractivity contribution in [2.75, 3.05) is 6.54 Å². The van der Waals surface area contributed by atoms with Crippen molar-refractivity contribution in [1.82, 2.24) is 5.32 Å². The third kappa shape index (κ3) is 3.56. The van der Waals surface area contributed by atoms with E-state index in [1.165, 1.54) is 6.07 Å². The van der Waals surface area contributed by atoms with Gasteiger partial charge >= 0.3 is 0 Å². The van der Waals surface area contributed by atoms with Crippen molar-refractivity contribution in [3.8, 4) is 0 Å². The molecule has 0 fully saturated rings. The average Bonchev–Trinajstić information content (AvgIpc) is 2.44. The molecule has 4 heteroatoms. The molecule has 2 aromatic rings. The van der Waals surface area contributed by atoms with Crippen molar-refractivity contribution in [2.45, 2.75) is 19.4 Å². The Hall–Kier alpha value is -1.45. The molecule has 0 aromatic heterocycles. The summed E-state index contributed by atoms with van der Waals surface area (Å²) in [7, 11) is 0. The van der Waals surface area contributed by atoms with E-state index >= 15 is 0 Å². The number of likely N-dealkylation sites (N-methyl/N-ethyl adjacent to an activating group) is 1. The van der Waals surface area contributed by atoms with Gasteiger partial charge in [-0.15, -0.1) is 0 Å². The Morgan fingerprint density at radius 1 is 1.10 bits per heavy atom. The van der Waals surface area contributed by atoms with Crippen LogP contribution in [0.4, 0.5) is 8.78 Å². The van der Waals surface area contributed by atoms with E-state index in [0.29, 0.717) is 18.5 Å². The summed E-state index contributed by atoms with van der Waals surface area (Å²) in [5, 5.41) is 3.50. The standard InChI is InChI=1S/C16H16ClF2N/c1-2-20-16(8-11-6-4-3-5-7-11)12-9-14(18)15(19)10-13(12)17/h3-7,9-10,16,20H,2,8H2,1H3. The lowest BCUT2D eigenvalue weighted by Gasteiger charge is -2.20. The highest BCUT2D eigenvalue weighted by Crippen LogP contribution is 2.28. The van der Waals surface area contributed by atoms with Crippen LogP contribution in [0.15, 0.2) is 42.5 Å². The second kappa shape index (κ2) is 6.82. The van der Waals surface area contributed by atoms with Gasteiger partial charge in [-0.2, -0.15) is 0 Å². The van der Waals surface area contributed by atoms with Crippen molar-refractivity contribution < 1.29 is 8.78 Å². The number of halogens is 3. The molecule has 1 N–H and O–H groups in total. The van der Waals surface area contributed by atoms with Gasteiger partial charge in [0.15, 0.2) is 11.6 Å². The molecule has 2 rings (SSSR count). The Morgan fingerprint density at radius 3 is 2.40 bits per heavy atom. The molecule has 0 aliphatic heterocycles. The van der Waals surface area contributed by atoms with Crippen LogP contribution in [-0.2, 0) is 6.42 Å². The largest absolute Gasteiger partial charge is 0.310 e. The van der Waals surface area contributed by atoms with Crippen molar-refractivity contribution in [1.29, 1.82) is 0 Å². The van der Waals surface area contributed by atoms with Gasteiger partial charge in [0.2, 0.25) is 0 Å². The van der Waals surface area contributed by atoms with Crippen LogP contribution < -0.4 is 5.32 Å². The molecular weight excluding hydrogens is 280 g/mol. The number of hydrogen-bond acceptors (Lipinski definition) is 1. The summed E-state index contributed by atoms with van der Waals surface area (Å²) < 4.78 is 26.6. The molecule has 1 unspecified atom stereocenters. The Labute approximate surface area is 122 Å². The zero-order valence-corrected chi connectivity index (χ0v) is 11.9. The fourth-order valence-corrected chi connectivity index (χ4v) is 2.48. The first kappa shape index (κ1) is 14.9. The van der Waals surface area contributed by atoms with Crippen LogP contribution in [-0.4, -0.2) is 6.54 Å². The predicted octanol–water partition coefficient (Wildman–Crippen LogP) is 4.51. The van der Waals surface area contributed by atoms with Crippen LogP contribution in [0.3, 0.4) is 0 Å². The third-order valence-corrected chi connectivity index (χ3v) is 3.48. The first-order valence-electron chi connectivity index (χ1n) is 6.53. The molecule has 20 heavy (non-hydrogen) atoms. The number of rotatable bonds is 5. The Morgan fingerprint density at radius 2 is 1.75 bits per heavy atom. The Bertz CT molecular complexity index is 572. The molecule has 0 aliphatic rings. The predicted molar refractivity (Wildman–Crippen MR) is 77.9 cm³/mol. The number of hydrogen-bond donors (Lipinski definition) is 1. The minimum Gasteiger partial charge on any atom is -0.310 e. The van der Waals surface area contributed by atoms with Gasteiger partial charge in [0.25, 0.3) is 0 Å². The third-order valence-electron chi connectivity index (χ3n) is 3.15. The highest BCUT2D eigenvalue weighted by Gasteiger charge is 2.17. The van der Waals surface area contributed by atoms with Gasteiger partial charge in [-0.3, -0.25) is 0 Å². The topological polar surface area (TPSA) is 12.0 Å². The molecule has 0 heterocycles. The fraction of sp³-hybridized carbons (Fsp3) is 0.250. The maximum atomic E-state index is 13.4. The maximum Gasteiger partial charge on any atom is 0.160 e. The first-order valence-corrected chi connectivity index (χ1v) is 6.91. The van der Waals surface area contributed by atoms with E-state index in [0.717, 1.165) is 11.6 Å². The highest BCUT2D eigenvalue weighted by atomic mass is 35.5. The van der Waals surface area contributed by atoms with Gasteiger partial charge in [0.1, 0.15) is 0 Å². The van der Waals surface area contributed by atoms with Gasteiger partial charge in [0, 0.05) is 11.1 Å². The average molecular weight is 296 g/mol. The van der Waals surface area contributed by atoms with Crippen molar-refractivity contribution in [2.24, 2.45) is 0 Å². The van der Waals surface area contributed by atoms with Gasteiger partial charge in [-0.25, -0.2) is 8.78 Å². The van der Waals surface area contributed by atoms with Crippen molar-refractivity contribution in [3.05, 3.63) is 70.2 Å². The molecule has 2 aromatic carbocycles. The van der Waals surface area contributed by atoms with Gasteiger partial charge < -0.3 is 5.32 Å². The zero-order valence-electron chi connectivity index (χ0n) is 11.2. The van der Waals surface area contributed by atoms with E-state index in [4.69, 9.17) is 11.6 Å². The van der Waals surface area contributed by atoms with Crippen molar-refractivity contribution in [3.63, 3.8) is 0 Å². The van der Waals surface area contributed by atoms with Gasteiger partial charge in [0.05, 0.1) is 0 Å². The normalized spacial score (nSPS) is 12.4. The summed E-state index contributed by atoms with van der Waals surface area (Å²) in [6.07, 6.45) is 0.666. The number of nitrogens with one attached hydrogen (secondary N) is 1. The van der Waals surface area contributed by atoms with Crippen LogP contribution in [0.25, 0.3) is 0 Å². The Balaban J connectivity index is 2.31. The SMILES string of the molecule is CCNC(Cc1ccccc1)c1cc(F)c(F)cc1Cl. The van der Waals surface area contributed by atoms with E-state index in [-0.39, 0.29) is 11.1 Å². The lowest BCUT2D eigenvalue weighted by Crippen LogP contribution is -2.23. The fourth-order valence-electron chi connectivity index (χ4n) is 2.19. The van der Waals surface area contributed by atoms with E-state index in [1.54, 1.807) is 0 Å². The summed E-state index contributed by atoms with van der Waals surface area (Å²) in [6, 6.07) is 11.9. The molecule has 0 aliphatic carbocycles. The molecule has 0 saturated heterocycles. The lowest BCUT2D eigenvalue weighted by molar-refractivity contribution is 0.497. The van der Waals surface area contributed by atoms with Gasteiger partial charge in [-0.05, 0) is 36.2 Å². The summed E-state index contributed by atoms with van der Waals surface area (Å²) in [5.74, 6) is -1.80. The summed E-state index contributed by atoms with van der Waals surface area (Å²) in [6.45, 7) is 2.68. The highest BCUT2D eigenvalue weighted by molar-refractivity contribution is 6.31. The molecule has 0 amide bonds. The van der Waals surface area contributed by atoms with E-state index < -0.39 is 11.6 Å². The molecule has 0 spiro atoms. The molecule has 0 saturated carbocycles. The molecular formula is C16H16ClF2N. The van der Waals surface area contributed by atoms with E-state index in [1.807, 2.05) is 37.3 Å². The molecule has 0 radical (unpaired) electrons. The molecule has 0 bridgehead atoms. The maximum absolute atomic E-state index is 13.4. The van der Waals surface area contributed by atoms with Crippen LogP contribution in [0.1, 0.15) is 24.1 Å². The number of benzene rings is 2. The molecule has 106 valence electrons. The van der Waals surface area contributed by atoms with Crippen LogP contribution >= 0.6 is 11.6 Å². The monoisotopic (exact) mass is 295 g/mol. The van der Waals surface area contributed by atoms with E-state index in [9.17, 15) is 8.78 Å². The second-order valence-corrected chi connectivity index (χ2v) is 5.00. The molecule has 1 atom stereocenters. The second-order valence-electron chi connectivity index (χ2n) is 4.59.